The van der Waals surface area contributed by atoms with Crippen LogP contribution in [0.5, 0.6) is 0 Å². The summed E-state index contributed by atoms with van der Waals surface area (Å²) < 4.78 is 32.9. The fourth-order valence-corrected chi connectivity index (χ4v) is 5.81. The predicted molar refractivity (Wildman–Crippen MR) is 104 cm³/mol. The molecule has 1 N–H and O–H groups in total. The largest absolute Gasteiger partial charge is 0.478 e. The van der Waals surface area contributed by atoms with Gasteiger partial charge in [-0.15, -0.1) is 11.3 Å². The van der Waals surface area contributed by atoms with E-state index in [9.17, 15) is 18.3 Å². The van der Waals surface area contributed by atoms with E-state index in [1.165, 1.54) is 22.5 Å². The second-order valence-electron chi connectivity index (χ2n) is 5.55. The van der Waals surface area contributed by atoms with Crippen LogP contribution in [0.3, 0.4) is 0 Å². The summed E-state index contributed by atoms with van der Waals surface area (Å²) in [5.74, 6) is -1.11. The number of nitrogens with zero attached hydrogens (tertiary/aromatic N) is 1. The Morgan fingerprint density at radius 2 is 1.96 bits per heavy atom. The lowest BCUT2D eigenvalue weighted by Gasteiger charge is -2.25. The Labute approximate surface area is 163 Å². The molecular weight excluding hydrogens is 442 g/mol. The normalized spacial score (nSPS) is 16.6. The van der Waals surface area contributed by atoms with E-state index in [0.29, 0.717) is 36.7 Å². The van der Waals surface area contributed by atoms with Crippen LogP contribution < -0.4 is 0 Å². The molecule has 1 aliphatic heterocycles. The molecule has 2 aromatic rings. The fraction of sp³-hybridized carbons (Fsp3) is 0.235. The van der Waals surface area contributed by atoms with Crippen molar-refractivity contribution in [3.8, 4) is 0 Å². The minimum absolute atomic E-state index is 0.0523. The van der Waals surface area contributed by atoms with E-state index in [-0.39, 0.29) is 9.78 Å². The number of halogens is 1. The molecule has 1 aromatic carbocycles. The molecule has 26 heavy (non-hydrogen) atoms. The molecule has 2 heterocycles. The van der Waals surface area contributed by atoms with Crippen LogP contribution in [0.25, 0.3) is 11.6 Å². The summed E-state index contributed by atoms with van der Waals surface area (Å²) in [6, 6.07) is 10.2. The lowest BCUT2D eigenvalue weighted by atomic mass is 10.1. The number of hydrogen-bond acceptors (Lipinski definition) is 5. The van der Waals surface area contributed by atoms with Crippen LogP contribution in [0.4, 0.5) is 0 Å². The molecule has 1 fully saturated rings. The summed E-state index contributed by atoms with van der Waals surface area (Å²) in [5, 5.41) is 9.57. The summed E-state index contributed by atoms with van der Waals surface area (Å²) in [7, 11) is -3.64. The fourth-order valence-electron chi connectivity index (χ4n) is 2.52. The molecule has 6 nitrogen and oxygen atoms in total. The van der Waals surface area contributed by atoms with Gasteiger partial charge in [-0.05, 0) is 35.9 Å². The number of benzene rings is 1. The Bertz CT molecular complexity index is 946. The maximum atomic E-state index is 12.7. The standard InChI is InChI=1S/C17H16BrNO5S2/c18-13-3-1-2-12(10-13)11-14(17(20)21)15-4-5-16(25-15)26(22,23)19-6-8-24-9-7-19/h1-5,10-11H,6-9H2,(H,20,21)/b14-11+. The number of hydrogen-bond donors (Lipinski definition) is 1. The molecule has 3 rings (SSSR count). The van der Waals surface area contributed by atoms with Crippen molar-refractivity contribution in [3.05, 3.63) is 51.3 Å². The summed E-state index contributed by atoms with van der Waals surface area (Å²) in [4.78, 5) is 12.1. The Morgan fingerprint density at radius 1 is 1.23 bits per heavy atom. The molecule has 0 saturated carbocycles. The topological polar surface area (TPSA) is 83.9 Å². The van der Waals surface area contributed by atoms with Crippen molar-refractivity contribution in [1.29, 1.82) is 0 Å². The molecule has 1 aliphatic rings. The van der Waals surface area contributed by atoms with Crippen molar-refractivity contribution in [3.63, 3.8) is 0 Å². The van der Waals surface area contributed by atoms with Crippen molar-refractivity contribution < 1.29 is 23.1 Å². The number of carbonyl (C=O) groups is 1. The number of thiophene rings is 1. The highest BCUT2D eigenvalue weighted by Gasteiger charge is 2.28. The van der Waals surface area contributed by atoms with Crippen molar-refractivity contribution in [2.75, 3.05) is 26.3 Å². The molecule has 0 bridgehead atoms. The van der Waals surface area contributed by atoms with Gasteiger partial charge in [0, 0.05) is 22.4 Å². The molecule has 138 valence electrons. The lowest BCUT2D eigenvalue weighted by molar-refractivity contribution is -0.130. The van der Waals surface area contributed by atoms with E-state index in [4.69, 9.17) is 4.74 Å². The first-order chi connectivity index (χ1) is 12.4. The van der Waals surface area contributed by atoms with Crippen molar-refractivity contribution in [2.45, 2.75) is 4.21 Å². The van der Waals surface area contributed by atoms with Crippen molar-refractivity contribution in [1.82, 2.24) is 4.31 Å². The number of carboxylic acid groups (broad SMARTS) is 1. The van der Waals surface area contributed by atoms with Crippen molar-refractivity contribution >= 4 is 54.9 Å². The van der Waals surface area contributed by atoms with Gasteiger partial charge in [0.2, 0.25) is 0 Å². The highest BCUT2D eigenvalue weighted by Crippen LogP contribution is 2.31. The summed E-state index contributed by atoms with van der Waals surface area (Å²) >= 11 is 4.31. The number of aliphatic carboxylic acids is 1. The number of ether oxygens (including phenoxy) is 1. The van der Waals surface area contributed by atoms with Gasteiger partial charge in [-0.2, -0.15) is 4.31 Å². The Kier molecular flexibility index (Phi) is 5.93. The first-order valence-electron chi connectivity index (χ1n) is 7.76. The first kappa shape index (κ1) is 19.2. The van der Waals surface area contributed by atoms with E-state index in [0.717, 1.165) is 15.8 Å². The van der Waals surface area contributed by atoms with Gasteiger partial charge >= 0.3 is 5.97 Å². The van der Waals surface area contributed by atoms with Gasteiger partial charge in [-0.25, -0.2) is 13.2 Å². The first-order valence-corrected chi connectivity index (χ1v) is 10.8. The molecule has 1 saturated heterocycles. The van der Waals surface area contributed by atoms with Crippen LogP contribution in [-0.2, 0) is 19.6 Å². The number of rotatable bonds is 5. The highest BCUT2D eigenvalue weighted by molar-refractivity contribution is 9.10. The molecule has 0 aliphatic carbocycles. The van der Waals surface area contributed by atoms with Gasteiger partial charge in [0.1, 0.15) is 4.21 Å². The zero-order chi connectivity index (χ0) is 18.7. The number of sulfonamides is 1. The van der Waals surface area contributed by atoms with Gasteiger partial charge in [0.25, 0.3) is 10.0 Å². The number of carboxylic acids is 1. The molecule has 0 radical (unpaired) electrons. The van der Waals surface area contributed by atoms with Crippen LogP contribution in [0.2, 0.25) is 0 Å². The van der Waals surface area contributed by atoms with Gasteiger partial charge in [-0.1, -0.05) is 28.1 Å². The third kappa shape index (κ3) is 4.24. The van der Waals surface area contributed by atoms with E-state index >= 15 is 0 Å². The van der Waals surface area contributed by atoms with Crippen LogP contribution in [-0.4, -0.2) is 50.1 Å². The third-order valence-electron chi connectivity index (χ3n) is 3.80. The average molecular weight is 458 g/mol. The second-order valence-corrected chi connectivity index (χ2v) is 9.72. The van der Waals surface area contributed by atoms with Crippen LogP contribution in [0.15, 0.2) is 45.1 Å². The van der Waals surface area contributed by atoms with Crippen molar-refractivity contribution in [2.24, 2.45) is 0 Å². The summed E-state index contributed by atoms with van der Waals surface area (Å²) in [6.45, 7) is 1.33. The smallest absolute Gasteiger partial charge is 0.337 e. The van der Waals surface area contributed by atoms with E-state index < -0.39 is 16.0 Å². The molecule has 0 spiro atoms. The SMILES string of the molecule is O=C(O)/C(=C/c1cccc(Br)c1)c1ccc(S(=O)(=O)N2CCOCC2)s1. The van der Waals surface area contributed by atoms with Crippen LogP contribution in [0, 0.1) is 0 Å². The Hall–Kier alpha value is -1.52. The highest BCUT2D eigenvalue weighted by atomic mass is 79.9. The van der Waals surface area contributed by atoms with Gasteiger partial charge in [0.15, 0.2) is 0 Å². The maximum absolute atomic E-state index is 12.7. The van der Waals surface area contributed by atoms with Gasteiger partial charge < -0.3 is 9.84 Å². The molecule has 0 amide bonds. The Morgan fingerprint density at radius 3 is 2.62 bits per heavy atom. The van der Waals surface area contributed by atoms with Crippen LogP contribution >= 0.6 is 27.3 Å². The summed E-state index contributed by atoms with van der Waals surface area (Å²) in [6.07, 6.45) is 1.53. The zero-order valence-electron chi connectivity index (χ0n) is 13.6. The molecular formula is C17H16BrNO5S2. The zero-order valence-corrected chi connectivity index (χ0v) is 16.8. The van der Waals surface area contributed by atoms with Gasteiger partial charge in [0.05, 0.1) is 18.8 Å². The molecule has 1 aromatic heterocycles. The maximum Gasteiger partial charge on any atom is 0.337 e. The van der Waals surface area contributed by atoms with E-state index in [1.54, 1.807) is 18.2 Å². The quantitative estimate of drug-likeness (QED) is 0.696. The van der Waals surface area contributed by atoms with Gasteiger partial charge in [-0.3, -0.25) is 0 Å². The summed E-state index contributed by atoms with van der Waals surface area (Å²) in [5.41, 5.74) is 0.763. The molecule has 0 unspecified atom stereocenters. The second kappa shape index (κ2) is 8.01. The molecule has 9 heteroatoms. The lowest BCUT2D eigenvalue weighted by Crippen LogP contribution is -2.40. The minimum Gasteiger partial charge on any atom is -0.478 e. The van der Waals surface area contributed by atoms with E-state index in [2.05, 4.69) is 15.9 Å². The molecule has 0 atom stereocenters. The van der Waals surface area contributed by atoms with Crippen LogP contribution in [0.1, 0.15) is 10.4 Å². The third-order valence-corrected chi connectivity index (χ3v) is 7.78. The monoisotopic (exact) mass is 457 g/mol. The average Bonchev–Trinajstić information content (AvgIpc) is 3.11. The minimum atomic E-state index is -3.64. The number of morpholine rings is 1. The predicted octanol–water partition coefficient (Wildman–Crippen LogP) is 3.16. The Balaban J connectivity index is 1.94. The van der Waals surface area contributed by atoms with E-state index in [1.807, 2.05) is 6.07 Å².